The van der Waals surface area contributed by atoms with Crippen molar-refractivity contribution >= 4 is 17.2 Å². The molecule has 0 radical (unpaired) electrons. The molecule has 82 valence electrons. The summed E-state index contributed by atoms with van der Waals surface area (Å²) in [5.41, 5.74) is 2.93. The number of aldehydes is 1. The molecule has 3 aromatic rings. The first-order valence-electron chi connectivity index (χ1n) is 5.10. The van der Waals surface area contributed by atoms with E-state index in [4.69, 9.17) is 0 Å². The monoisotopic (exact) mass is 224 g/mol. The van der Waals surface area contributed by atoms with Crippen LogP contribution >= 0.6 is 0 Å². The number of fused-ring (bicyclic) bond motifs is 1. The van der Waals surface area contributed by atoms with Crippen LogP contribution in [0.1, 0.15) is 10.4 Å². The fourth-order valence-corrected chi connectivity index (χ4v) is 1.88. The first kappa shape index (κ1) is 9.65. The Bertz CT molecular complexity index is 671. The Morgan fingerprint density at radius 1 is 1.24 bits per heavy atom. The topological polar surface area (TPSA) is 71.5 Å². The summed E-state index contributed by atoms with van der Waals surface area (Å²) in [5.74, 6) is 0. The van der Waals surface area contributed by atoms with Crippen LogP contribution in [-0.4, -0.2) is 26.7 Å². The van der Waals surface area contributed by atoms with E-state index in [0.717, 1.165) is 22.8 Å². The maximum absolute atomic E-state index is 11.1. The van der Waals surface area contributed by atoms with Crippen molar-refractivity contribution in [1.29, 1.82) is 0 Å². The first-order chi connectivity index (χ1) is 8.40. The highest BCUT2D eigenvalue weighted by atomic mass is 16.1. The molecule has 0 aliphatic rings. The molecule has 0 aliphatic heterocycles. The second kappa shape index (κ2) is 3.79. The number of aromatic amines is 1. The maximum atomic E-state index is 11.1. The van der Waals surface area contributed by atoms with Crippen LogP contribution < -0.4 is 0 Å². The summed E-state index contributed by atoms with van der Waals surface area (Å²) < 4.78 is 0. The van der Waals surface area contributed by atoms with E-state index < -0.39 is 0 Å². The molecule has 5 heteroatoms. The van der Waals surface area contributed by atoms with E-state index in [1.54, 1.807) is 18.5 Å². The van der Waals surface area contributed by atoms with Gasteiger partial charge in [0.25, 0.3) is 0 Å². The Hall–Kier alpha value is -2.56. The highest BCUT2D eigenvalue weighted by Gasteiger charge is 2.10. The maximum Gasteiger partial charge on any atom is 0.150 e. The minimum absolute atomic E-state index is 0.605. The van der Waals surface area contributed by atoms with Crippen LogP contribution in [-0.2, 0) is 0 Å². The number of hydrogen-bond acceptors (Lipinski definition) is 4. The Labute approximate surface area is 96.5 Å². The van der Waals surface area contributed by atoms with Crippen LogP contribution in [0.25, 0.3) is 22.2 Å². The molecule has 5 nitrogen and oxygen atoms in total. The van der Waals surface area contributed by atoms with Gasteiger partial charge in [-0.1, -0.05) is 17.3 Å². The average molecular weight is 224 g/mol. The van der Waals surface area contributed by atoms with Crippen LogP contribution in [0.15, 0.2) is 36.7 Å². The molecule has 0 saturated heterocycles. The number of nitrogens with zero attached hydrogens (tertiary/aromatic N) is 3. The molecule has 1 N–H and O–H groups in total. The molecule has 3 rings (SSSR count). The number of pyridine rings is 1. The summed E-state index contributed by atoms with van der Waals surface area (Å²) >= 11 is 0. The van der Waals surface area contributed by atoms with Crippen molar-refractivity contribution in [3.05, 3.63) is 42.2 Å². The van der Waals surface area contributed by atoms with Gasteiger partial charge >= 0.3 is 0 Å². The van der Waals surface area contributed by atoms with Gasteiger partial charge in [0.2, 0.25) is 0 Å². The summed E-state index contributed by atoms with van der Waals surface area (Å²) in [7, 11) is 0. The first-order valence-corrected chi connectivity index (χ1v) is 5.10. The van der Waals surface area contributed by atoms with E-state index in [-0.39, 0.29) is 0 Å². The molecular weight excluding hydrogens is 216 g/mol. The number of aromatic nitrogens is 4. The molecule has 0 spiro atoms. The van der Waals surface area contributed by atoms with Crippen LogP contribution in [0.4, 0.5) is 0 Å². The number of carbonyl (C=O) groups excluding carboxylic acids is 1. The highest BCUT2D eigenvalue weighted by Crippen LogP contribution is 2.27. The van der Waals surface area contributed by atoms with Crippen molar-refractivity contribution in [3.8, 4) is 11.3 Å². The largest absolute Gasteiger partial charge is 0.298 e. The second-order valence-corrected chi connectivity index (χ2v) is 3.58. The van der Waals surface area contributed by atoms with E-state index in [2.05, 4.69) is 20.4 Å². The molecule has 0 amide bonds. The zero-order chi connectivity index (χ0) is 11.7. The van der Waals surface area contributed by atoms with Crippen molar-refractivity contribution in [2.75, 3.05) is 0 Å². The van der Waals surface area contributed by atoms with Gasteiger partial charge in [-0.25, -0.2) is 0 Å². The van der Waals surface area contributed by atoms with Crippen LogP contribution in [0.2, 0.25) is 0 Å². The molecule has 0 saturated carbocycles. The molecule has 0 unspecified atom stereocenters. The van der Waals surface area contributed by atoms with Crippen molar-refractivity contribution in [2.45, 2.75) is 0 Å². The van der Waals surface area contributed by atoms with Gasteiger partial charge in [0.1, 0.15) is 5.69 Å². The second-order valence-electron chi connectivity index (χ2n) is 3.58. The van der Waals surface area contributed by atoms with Crippen molar-refractivity contribution in [2.24, 2.45) is 0 Å². The number of benzene rings is 1. The number of hydrogen-bond donors (Lipinski definition) is 1. The standard InChI is InChI=1S/C12H8N4O/c17-7-8-2-1-3-10-12(8)9(4-5-13-10)11-6-14-16-15-11/h1-7H,(H,14,15,16). The SMILES string of the molecule is O=Cc1cccc2nccc(-c3c[nH]nn3)c12. The molecule has 0 bridgehead atoms. The predicted octanol–water partition coefficient (Wildman–Crippen LogP) is 1.83. The van der Waals surface area contributed by atoms with Gasteiger partial charge in [-0.3, -0.25) is 14.9 Å². The van der Waals surface area contributed by atoms with Crippen molar-refractivity contribution in [1.82, 2.24) is 20.4 Å². The van der Waals surface area contributed by atoms with Gasteiger partial charge in [-0.05, 0) is 12.1 Å². The highest BCUT2D eigenvalue weighted by molar-refractivity contribution is 6.04. The van der Waals surface area contributed by atoms with Crippen LogP contribution in [0.5, 0.6) is 0 Å². The third kappa shape index (κ3) is 1.48. The molecule has 2 aromatic heterocycles. The number of carbonyl (C=O) groups is 1. The van der Waals surface area contributed by atoms with E-state index in [1.807, 2.05) is 18.2 Å². The van der Waals surface area contributed by atoms with E-state index in [9.17, 15) is 4.79 Å². The Morgan fingerprint density at radius 2 is 2.18 bits per heavy atom. The Kier molecular flexibility index (Phi) is 2.15. The Balaban J connectivity index is 2.42. The van der Waals surface area contributed by atoms with E-state index in [0.29, 0.717) is 11.3 Å². The van der Waals surface area contributed by atoms with Gasteiger partial charge in [-0.15, -0.1) is 5.10 Å². The fourth-order valence-electron chi connectivity index (χ4n) is 1.88. The molecule has 17 heavy (non-hydrogen) atoms. The van der Waals surface area contributed by atoms with Gasteiger partial charge < -0.3 is 0 Å². The summed E-state index contributed by atoms with van der Waals surface area (Å²) in [6.45, 7) is 0. The summed E-state index contributed by atoms with van der Waals surface area (Å²) in [4.78, 5) is 15.3. The smallest absolute Gasteiger partial charge is 0.150 e. The minimum Gasteiger partial charge on any atom is -0.298 e. The molecule has 1 aromatic carbocycles. The molecule has 0 aliphatic carbocycles. The van der Waals surface area contributed by atoms with Crippen LogP contribution in [0, 0.1) is 0 Å². The zero-order valence-corrected chi connectivity index (χ0v) is 8.79. The summed E-state index contributed by atoms with van der Waals surface area (Å²) in [6.07, 6.45) is 4.21. The molecule has 2 heterocycles. The lowest BCUT2D eigenvalue weighted by Crippen LogP contribution is -1.90. The van der Waals surface area contributed by atoms with Crippen LogP contribution in [0.3, 0.4) is 0 Å². The quantitative estimate of drug-likeness (QED) is 0.674. The van der Waals surface area contributed by atoms with Crippen molar-refractivity contribution < 1.29 is 4.79 Å². The summed E-state index contributed by atoms with van der Waals surface area (Å²) in [5, 5.41) is 11.1. The number of nitrogens with one attached hydrogen (secondary N) is 1. The molecular formula is C12H8N4O. The lowest BCUT2D eigenvalue weighted by molar-refractivity contribution is 0.112. The third-order valence-corrected chi connectivity index (χ3v) is 2.62. The normalized spacial score (nSPS) is 10.6. The lowest BCUT2D eigenvalue weighted by atomic mass is 10.0. The summed E-state index contributed by atoms with van der Waals surface area (Å²) in [6, 6.07) is 7.27. The van der Waals surface area contributed by atoms with Gasteiger partial charge in [0.05, 0.1) is 11.7 Å². The lowest BCUT2D eigenvalue weighted by Gasteiger charge is -2.04. The van der Waals surface area contributed by atoms with Gasteiger partial charge in [0, 0.05) is 22.7 Å². The molecule has 0 atom stereocenters. The number of rotatable bonds is 2. The van der Waals surface area contributed by atoms with E-state index in [1.165, 1.54) is 0 Å². The third-order valence-electron chi connectivity index (χ3n) is 2.62. The fraction of sp³-hybridized carbons (Fsp3) is 0. The van der Waals surface area contributed by atoms with Gasteiger partial charge in [0.15, 0.2) is 6.29 Å². The van der Waals surface area contributed by atoms with E-state index >= 15 is 0 Å². The number of H-pyrrole nitrogens is 1. The van der Waals surface area contributed by atoms with Gasteiger partial charge in [-0.2, -0.15) is 0 Å². The minimum atomic E-state index is 0.605. The average Bonchev–Trinajstić information content (AvgIpc) is 2.91. The predicted molar refractivity (Wildman–Crippen MR) is 62.5 cm³/mol. The molecule has 0 fully saturated rings. The van der Waals surface area contributed by atoms with Crippen molar-refractivity contribution in [3.63, 3.8) is 0 Å². The zero-order valence-electron chi connectivity index (χ0n) is 8.79. The Morgan fingerprint density at radius 3 is 2.94 bits per heavy atom.